The average Bonchev–Trinajstić information content (AvgIpc) is 3.10. The molecule has 0 saturated carbocycles. The zero-order valence-corrected chi connectivity index (χ0v) is 21.1. The monoisotopic (exact) mass is 476 g/mol. The fraction of sp³-hybridized carbons (Fsp3) is 0.609. The molecule has 32 heavy (non-hydrogen) atoms. The van der Waals surface area contributed by atoms with Gasteiger partial charge in [-0.25, -0.2) is 15.0 Å². The molecule has 9 heteroatoms. The average molecular weight is 477 g/mol. The summed E-state index contributed by atoms with van der Waals surface area (Å²) >= 11 is 3.11. The van der Waals surface area contributed by atoms with Gasteiger partial charge in [0.1, 0.15) is 4.83 Å². The minimum atomic E-state index is -0.247. The van der Waals surface area contributed by atoms with Crippen LogP contribution in [0.3, 0.4) is 0 Å². The highest BCUT2D eigenvalue weighted by molar-refractivity contribution is 7.98. The van der Waals surface area contributed by atoms with Crippen molar-refractivity contribution < 1.29 is 14.9 Å². The van der Waals surface area contributed by atoms with E-state index in [0.29, 0.717) is 30.8 Å². The van der Waals surface area contributed by atoms with Crippen molar-refractivity contribution in [3.05, 3.63) is 16.8 Å². The summed E-state index contributed by atoms with van der Waals surface area (Å²) in [4.78, 5) is 17.7. The number of anilines is 1. The minimum absolute atomic E-state index is 0.0112. The van der Waals surface area contributed by atoms with Crippen LogP contribution in [0.15, 0.2) is 5.16 Å². The van der Waals surface area contributed by atoms with Crippen LogP contribution < -0.4 is 4.90 Å². The molecule has 0 amide bonds. The van der Waals surface area contributed by atoms with E-state index < -0.39 is 0 Å². The predicted octanol–water partition coefficient (Wildman–Crippen LogP) is 3.80. The van der Waals surface area contributed by atoms with Gasteiger partial charge in [0.15, 0.2) is 11.0 Å². The lowest BCUT2D eigenvalue weighted by Crippen LogP contribution is -2.33. The number of aliphatic hydroxyl groups is 2. The highest BCUT2D eigenvalue weighted by atomic mass is 32.2. The summed E-state index contributed by atoms with van der Waals surface area (Å²) in [5, 5.41) is 21.0. The number of thioether (sulfide) groups is 1. The summed E-state index contributed by atoms with van der Waals surface area (Å²) < 4.78 is 7.14. The number of nitrogens with zero attached hydrogens (tertiary/aromatic N) is 4. The lowest BCUT2D eigenvalue weighted by molar-refractivity contribution is -0.0402. The Bertz CT molecular complexity index is 1120. The quantitative estimate of drug-likeness (QED) is 0.375. The van der Waals surface area contributed by atoms with Crippen LogP contribution in [-0.4, -0.2) is 63.3 Å². The van der Waals surface area contributed by atoms with Crippen LogP contribution in [0.1, 0.15) is 44.5 Å². The molecule has 7 nitrogen and oxygen atoms in total. The Kier molecular flexibility index (Phi) is 6.93. The van der Waals surface area contributed by atoms with Gasteiger partial charge in [0.25, 0.3) is 0 Å². The molecule has 0 aliphatic carbocycles. The van der Waals surface area contributed by atoms with Crippen LogP contribution in [0.5, 0.6) is 0 Å². The molecule has 0 atom stereocenters. The first-order chi connectivity index (χ1) is 15.3. The second-order valence-corrected chi connectivity index (χ2v) is 11.0. The Morgan fingerprint density at radius 1 is 1.12 bits per heavy atom. The van der Waals surface area contributed by atoms with E-state index in [0.717, 1.165) is 44.8 Å². The molecular formula is C23H32N4O3S2. The molecule has 174 valence electrons. The van der Waals surface area contributed by atoms with Crippen LogP contribution in [0, 0.1) is 5.92 Å². The fourth-order valence-corrected chi connectivity index (χ4v) is 5.87. The molecule has 0 saturated heterocycles. The van der Waals surface area contributed by atoms with Crippen LogP contribution in [-0.2, 0) is 24.2 Å². The number of thiophene rings is 1. The normalized spacial score (nSPS) is 15.6. The topological polar surface area (TPSA) is 91.6 Å². The van der Waals surface area contributed by atoms with Crippen LogP contribution in [0.4, 0.5) is 5.82 Å². The SMILES string of the molecule is CSc1nc(N(CCO)CCO)c2sc3nc(CC(C)C)c4c(c3c2n1)CC(C)(C)OC4. The van der Waals surface area contributed by atoms with Crippen molar-refractivity contribution in [3.8, 4) is 0 Å². The first kappa shape index (κ1) is 23.6. The van der Waals surface area contributed by atoms with Crippen LogP contribution in [0.2, 0.25) is 0 Å². The Morgan fingerprint density at radius 2 is 1.84 bits per heavy atom. The molecular weight excluding hydrogens is 444 g/mol. The van der Waals surface area contributed by atoms with E-state index in [1.165, 1.54) is 22.9 Å². The van der Waals surface area contributed by atoms with Crippen LogP contribution in [0.25, 0.3) is 20.4 Å². The summed E-state index contributed by atoms with van der Waals surface area (Å²) in [6.07, 6.45) is 3.68. The van der Waals surface area contributed by atoms with Crippen molar-refractivity contribution in [1.29, 1.82) is 0 Å². The zero-order valence-electron chi connectivity index (χ0n) is 19.4. The maximum absolute atomic E-state index is 9.60. The van der Waals surface area contributed by atoms with E-state index in [4.69, 9.17) is 19.7 Å². The van der Waals surface area contributed by atoms with E-state index in [-0.39, 0.29) is 18.8 Å². The molecule has 1 aliphatic rings. The summed E-state index contributed by atoms with van der Waals surface area (Å²) in [7, 11) is 0. The van der Waals surface area contributed by atoms with E-state index >= 15 is 0 Å². The van der Waals surface area contributed by atoms with Gasteiger partial charge in [0.05, 0.1) is 35.6 Å². The molecule has 0 aromatic carbocycles. The van der Waals surface area contributed by atoms with E-state index in [9.17, 15) is 10.2 Å². The maximum atomic E-state index is 9.60. The van der Waals surface area contributed by atoms with E-state index in [2.05, 4.69) is 27.7 Å². The number of aliphatic hydroxyl groups excluding tert-OH is 2. The minimum Gasteiger partial charge on any atom is -0.395 e. The van der Waals surface area contributed by atoms with Gasteiger partial charge in [0.2, 0.25) is 0 Å². The van der Waals surface area contributed by atoms with Gasteiger partial charge in [-0.1, -0.05) is 25.6 Å². The Morgan fingerprint density at radius 3 is 2.47 bits per heavy atom. The lowest BCUT2D eigenvalue weighted by Gasteiger charge is -2.33. The number of ether oxygens (including phenoxy) is 1. The molecule has 0 bridgehead atoms. The van der Waals surface area contributed by atoms with Gasteiger partial charge < -0.3 is 19.8 Å². The molecule has 2 N–H and O–H groups in total. The molecule has 4 rings (SSSR count). The third kappa shape index (κ3) is 4.46. The van der Waals surface area contributed by atoms with Crippen LogP contribution >= 0.6 is 23.1 Å². The summed E-state index contributed by atoms with van der Waals surface area (Å²) in [6.45, 7) is 10.1. The predicted molar refractivity (Wildman–Crippen MR) is 132 cm³/mol. The lowest BCUT2D eigenvalue weighted by atomic mass is 9.88. The van der Waals surface area contributed by atoms with E-state index in [1.807, 2.05) is 11.2 Å². The molecule has 0 unspecified atom stereocenters. The molecule has 1 aliphatic heterocycles. The number of fused-ring (bicyclic) bond motifs is 5. The highest BCUT2D eigenvalue weighted by Crippen LogP contribution is 2.43. The van der Waals surface area contributed by atoms with Crippen molar-refractivity contribution in [2.45, 2.75) is 57.9 Å². The molecule has 0 radical (unpaired) electrons. The second-order valence-electron chi connectivity index (χ2n) is 9.27. The third-order valence-corrected chi connectivity index (χ3v) is 7.38. The van der Waals surface area contributed by atoms with E-state index in [1.54, 1.807) is 11.3 Å². The van der Waals surface area contributed by atoms with Crippen molar-refractivity contribution in [2.75, 3.05) is 37.5 Å². The van der Waals surface area contributed by atoms with Crippen molar-refractivity contribution >= 4 is 49.3 Å². The third-order valence-electron chi connectivity index (χ3n) is 5.76. The van der Waals surface area contributed by atoms with Gasteiger partial charge in [-0.15, -0.1) is 11.3 Å². The molecule has 3 aromatic rings. The van der Waals surface area contributed by atoms with Gasteiger partial charge in [-0.2, -0.15) is 0 Å². The summed E-state index contributed by atoms with van der Waals surface area (Å²) in [5.41, 5.74) is 4.28. The van der Waals surface area contributed by atoms with Gasteiger partial charge in [0, 0.05) is 36.2 Å². The number of rotatable bonds is 8. The Hall–Kier alpha value is -1.52. The Balaban J connectivity index is 2.04. The molecule has 3 aromatic heterocycles. The van der Waals surface area contributed by atoms with Crippen molar-refractivity contribution in [3.63, 3.8) is 0 Å². The largest absolute Gasteiger partial charge is 0.395 e. The van der Waals surface area contributed by atoms with Gasteiger partial charge >= 0.3 is 0 Å². The van der Waals surface area contributed by atoms with Crippen molar-refractivity contribution in [2.24, 2.45) is 5.92 Å². The Labute approximate surface area is 197 Å². The summed E-state index contributed by atoms with van der Waals surface area (Å²) in [6, 6.07) is 0. The summed E-state index contributed by atoms with van der Waals surface area (Å²) in [5.74, 6) is 1.26. The van der Waals surface area contributed by atoms with Crippen molar-refractivity contribution in [1.82, 2.24) is 15.0 Å². The second kappa shape index (κ2) is 9.38. The van der Waals surface area contributed by atoms with Gasteiger partial charge in [-0.3, -0.25) is 0 Å². The van der Waals surface area contributed by atoms with Gasteiger partial charge in [-0.05, 0) is 38.0 Å². The highest BCUT2D eigenvalue weighted by Gasteiger charge is 2.32. The number of pyridine rings is 1. The fourth-order valence-electron chi connectivity index (χ4n) is 4.33. The number of hydrogen-bond donors (Lipinski definition) is 2. The molecule has 0 spiro atoms. The smallest absolute Gasteiger partial charge is 0.189 e. The molecule has 4 heterocycles. The maximum Gasteiger partial charge on any atom is 0.189 e. The molecule has 0 fully saturated rings. The standard InChI is InChI=1S/C23H32N4O3S2/c1-13(2)10-16-15-12-30-23(3,4)11-14(15)17-18-19(32-21(17)24-16)20(26-22(25-18)31-5)27(6-8-28)7-9-29/h13,28-29H,6-12H2,1-5H3. The first-order valence-corrected chi connectivity index (χ1v) is 13.1. The first-order valence-electron chi connectivity index (χ1n) is 11.1. The number of hydrogen-bond acceptors (Lipinski definition) is 9. The number of aromatic nitrogens is 3. The zero-order chi connectivity index (χ0) is 23.0.